The number of sulfone groups is 1. The number of alkyl halides is 2. The molecule has 1 aromatic carbocycles. The predicted molar refractivity (Wildman–Crippen MR) is 66.2 cm³/mol. The maximum atomic E-state index is 12.3. The van der Waals surface area contributed by atoms with Gasteiger partial charge in [-0.1, -0.05) is 11.6 Å². The first-order chi connectivity index (χ1) is 8.82. The number of nitrogens with two attached hydrogens (primary N) is 1. The van der Waals surface area contributed by atoms with Crippen LogP contribution in [-0.4, -0.2) is 24.0 Å². The van der Waals surface area contributed by atoms with Crippen molar-refractivity contribution in [2.24, 2.45) is 0 Å². The molecular weight excluding hydrogens is 300 g/mol. The third-order valence-corrected chi connectivity index (χ3v) is 4.05. The van der Waals surface area contributed by atoms with Gasteiger partial charge in [-0.2, -0.15) is 8.78 Å². The number of rotatable bonds is 3. The second-order valence-corrected chi connectivity index (χ2v) is 5.93. The molecule has 2 N–H and O–H groups in total. The van der Waals surface area contributed by atoms with E-state index in [1.54, 1.807) is 0 Å². The minimum Gasteiger partial charge on any atom is -0.381 e. The molecule has 1 aromatic heterocycles. The predicted octanol–water partition coefficient (Wildman–Crippen LogP) is 2.10. The van der Waals surface area contributed by atoms with Crippen LogP contribution >= 0.6 is 11.6 Å². The molecule has 0 saturated heterocycles. The Hall–Kier alpha value is -1.67. The number of hydrogen-bond donors (Lipinski definition) is 1. The molecule has 2 rings (SSSR count). The first-order valence-corrected chi connectivity index (χ1v) is 6.88. The van der Waals surface area contributed by atoms with Crippen molar-refractivity contribution in [2.45, 2.75) is 10.7 Å². The summed E-state index contributed by atoms with van der Waals surface area (Å²) in [6.45, 7) is 0. The van der Waals surface area contributed by atoms with Gasteiger partial charge in [-0.25, -0.2) is 13.1 Å². The number of halogens is 3. The molecule has 0 amide bonds. The Kier molecular flexibility index (Phi) is 3.46. The van der Waals surface area contributed by atoms with Gasteiger partial charge in [0, 0.05) is 0 Å². The van der Waals surface area contributed by atoms with Crippen LogP contribution in [0.2, 0.25) is 5.02 Å². The smallest absolute Gasteiger partial charge is 0.341 e. The third kappa shape index (κ3) is 2.54. The van der Waals surface area contributed by atoms with Crippen molar-refractivity contribution in [3.63, 3.8) is 0 Å². The molecule has 0 unspecified atom stereocenters. The maximum absolute atomic E-state index is 12.3. The Morgan fingerprint density at radius 3 is 2.26 bits per heavy atom. The van der Waals surface area contributed by atoms with E-state index in [4.69, 9.17) is 17.3 Å². The van der Waals surface area contributed by atoms with Crippen molar-refractivity contribution < 1.29 is 17.2 Å². The Labute approximate surface area is 112 Å². The van der Waals surface area contributed by atoms with Gasteiger partial charge in [0.05, 0.1) is 16.8 Å². The Morgan fingerprint density at radius 2 is 1.84 bits per heavy atom. The highest BCUT2D eigenvalue weighted by Gasteiger charge is 2.26. The molecule has 0 atom stereocenters. The lowest BCUT2D eigenvalue weighted by molar-refractivity contribution is 0.234. The average molecular weight is 308 g/mol. The average Bonchev–Trinajstić information content (AvgIpc) is 2.69. The quantitative estimate of drug-likeness (QED) is 0.942. The van der Waals surface area contributed by atoms with E-state index >= 15 is 0 Å². The fourth-order valence-corrected chi connectivity index (χ4v) is 2.24. The molecule has 1 heterocycles. The summed E-state index contributed by atoms with van der Waals surface area (Å²) in [7, 11) is -4.59. The van der Waals surface area contributed by atoms with Crippen LogP contribution in [-0.2, 0) is 9.84 Å². The molecule has 0 fully saturated rings. The van der Waals surface area contributed by atoms with Crippen LogP contribution in [0.4, 0.5) is 14.6 Å². The fraction of sp³-hybridized carbons (Fsp3) is 0.100. The standard InChI is InChI=1S/C10H8ClF2N3O2S/c11-8-5-16(15-9(8)14)6-1-3-7(4-2-6)19(17,18)10(12)13/h1-5,10H,(H2,14,15). The van der Waals surface area contributed by atoms with Crippen molar-refractivity contribution in [3.8, 4) is 5.69 Å². The second kappa shape index (κ2) is 4.78. The van der Waals surface area contributed by atoms with Crippen molar-refractivity contribution in [1.82, 2.24) is 9.78 Å². The summed E-state index contributed by atoms with van der Waals surface area (Å²) in [5.74, 6) is -3.33. The summed E-state index contributed by atoms with van der Waals surface area (Å²) in [4.78, 5) is -0.461. The highest BCUT2D eigenvalue weighted by molar-refractivity contribution is 7.91. The second-order valence-electron chi connectivity index (χ2n) is 3.61. The molecule has 102 valence electrons. The zero-order chi connectivity index (χ0) is 14.2. The summed E-state index contributed by atoms with van der Waals surface area (Å²) >= 11 is 5.72. The molecule has 0 aliphatic heterocycles. The monoisotopic (exact) mass is 307 g/mol. The largest absolute Gasteiger partial charge is 0.381 e. The van der Waals surface area contributed by atoms with Crippen molar-refractivity contribution in [1.29, 1.82) is 0 Å². The highest BCUT2D eigenvalue weighted by atomic mass is 35.5. The Balaban J connectivity index is 2.39. The number of hydrogen-bond acceptors (Lipinski definition) is 4. The first-order valence-electron chi connectivity index (χ1n) is 4.95. The number of nitrogen functional groups attached to an aromatic ring is 1. The van der Waals surface area contributed by atoms with Gasteiger partial charge < -0.3 is 5.73 Å². The molecule has 9 heteroatoms. The Bertz CT molecular complexity index is 679. The van der Waals surface area contributed by atoms with Crippen LogP contribution < -0.4 is 5.73 Å². The van der Waals surface area contributed by atoms with Crippen molar-refractivity contribution in [2.75, 3.05) is 5.73 Å². The van der Waals surface area contributed by atoms with Crippen LogP contribution in [0.15, 0.2) is 35.4 Å². The van der Waals surface area contributed by atoms with Gasteiger partial charge in [0.15, 0.2) is 5.82 Å². The van der Waals surface area contributed by atoms with Crippen LogP contribution in [0.1, 0.15) is 0 Å². The summed E-state index contributed by atoms with van der Waals surface area (Å²) in [5, 5.41) is 4.11. The number of benzene rings is 1. The lowest BCUT2D eigenvalue weighted by atomic mass is 10.3. The van der Waals surface area contributed by atoms with Gasteiger partial charge >= 0.3 is 5.76 Å². The van der Waals surface area contributed by atoms with E-state index in [-0.39, 0.29) is 10.8 Å². The van der Waals surface area contributed by atoms with E-state index in [0.717, 1.165) is 12.1 Å². The van der Waals surface area contributed by atoms with Crippen molar-refractivity contribution >= 4 is 27.3 Å². The van der Waals surface area contributed by atoms with E-state index in [1.807, 2.05) is 0 Å². The van der Waals surface area contributed by atoms with Gasteiger partial charge in [-0.05, 0) is 24.3 Å². The number of nitrogens with zero attached hydrogens (tertiary/aromatic N) is 2. The summed E-state index contributed by atoms with van der Waals surface area (Å²) in [6, 6.07) is 4.81. The normalized spacial score (nSPS) is 12.0. The van der Waals surface area contributed by atoms with E-state index in [9.17, 15) is 17.2 Å². The first kappa shape index (κ1) is 13.8. The van der Waals surface area contributed by atoms with Crippen molar-refractivity contribution in [3.05, 3.63) is 35.5 Å². The molecule has 2 aromatic rings. The van der Waals surface area contributed by atoms with Gasteiger partial charge in [0.2, 0.25) is 9.84 Å². The zero-order valence-electron chi connectivity index (χ0n) is 9.29. The number of aromatic nitrogens is 2. The molecule has 19 heavy (non-hydrogen) atoms. The molecule has 0 radical (unpaired) electrons. The zero-order valence-corrected chi connectivity index (χ0v) is 10.9. The summed E-state index contributed by atoms with van der Waals surface area (Å²) < 4.78 is 48.4. The van der Waals surface area contributed by atoms with Crippen LogP contribution in [0.25, 0.3) is 5.69 Å². The maximum Gasteiger partial charge on any atom is 0.341 e. The molecular formula is C10H8ClF2N3O2S. The fourth-order valence-electron chi connectivity index (χ4n) is 1.39. The molecule has 0 aliphatic carbocycles. The van der Waals surface area contributed by atoms with Gasteiger partial charge in [-0.15, -0.1) is 5.10 Å². The molecule has 0 spiro atoms. The van der Waals surface area contributed by atoms with E-state index in [2.05, 4.69) is 5.10 Å². The Morgan fingerprint density at radius 1 is 1.26 bits per heavy atom. The van der Waals surface area contributed by atoms with Crippen LogP contribution in [0.3, 0.4) is 0 Å². The molecule has 0 aliphatic rings. The molecule has 5 nitrogen and oxygen atoms in total. The number of anilines is 1. The van der Waals surface area contributed by atoms with Crippen LogP contribution in [0.5, 0.6) is 0 Å². The lowest BCUT2D eigenvalue weighted by Gasteiger charge is -2.05. The minimum absolute atomic E-state index is 0.117. The third-order valence-electron chi connectivity index (χ3n) is 2.36. The van der Waals surface area contributed by atoms with Gasteiger partial charge in [0.25, 0.3) is 0 Å². The van der Waals surface area contributed by atoms with Gasteiger partial charge in [-0.3, -0.25) is 0 Å². The SMILES string of the molecule is Nc1nn(-c2ccc(S(=O)(=O)C(F)F)cc2)cc1Cl. The van der Waals surface area contributed by atoms with Crippen LogP contribution in [0, 0.1) is 0 Å². The van der Waals surface area contributed by atoms with E-state index in [1.165, 1.54) is 23.0 Å². The van der Waals surface area contributed by atoms with Gasteiger partial charge in [0.1, 0.15) is 5.02 Å². The van der Waals surface area contributed by atoms with E-state index < -0.39 is 20.5 Å². The lowest BCUT2D eigenvalue weighted by Crippen LogP contribution is -2.11. The molecule has 0 bridgehead atoms. The summed E-state index contributed by atoms with van der Waals surface area (Å²) in [6.07, 6.45) is 1.42. The highest BCUT2D eigenvalue weighted by Crippen LogP contribution is 2.22. The minimum atomic E-state index is -4.59. The topological polar surface area (TPSA) is 78.0 Å². The molecule has 0 saturated carbocycles. The van der Waals surface area contributed by atoms with E-state index in [0.29, 0.717) is 5.69 Å². The summed E-state index contributed by atoms with van der Waals surface area (Å²) in [5.41, 5.74) is 5.91.